The summed E-state index contributed by atoms with van der Waals surface area (Å²) < 4.78 is 26.4. The quantitative estimate of drug-likeness (QED) is 0.508. The van der Waals surface area contributed by atoms with Crippen LogP contribution in [0.15, 0.2) is 67.0 Å². The highest BCUT2D eigenvalue weighted by molar-refractivity contribution is 6.00. The molecule has 36 heavy (non-hydrogen) atoms. The molecule has 1 aliphatic rings. The molecule has 8 nitrogen and oxygen atoms in total. The smallest absolute Gasteiger partial charge is 0.406 e. The molecule has 0 bridgehead atoms. The number of carbonyl (C=O) groups is 2. The summed E-state index contributed by atoms with van der Waals surface area (Å²) in [5.41, 5.74) is 2.59. The zero-order chi connectivity index (χ0) is 25.5. The average molecular weight is 493 g/mol. The van der Waals surface area contributed by atoms with Gasteiger partial charge in [-0.1, -0.05) is 36.4 Å². The maximum atomic E-state index is 15.1. The summed E-state index contributed by atoms with van der Waals surface area (Å²) in [4.78, 5) is 32.2. The second-order valence-corrected chi connectivity index (χ2v) is 8.49. The van der Waals surface area contributed by atoms with Crippen LogP contribution in [0, 0.1) is 5.82 Å². The van der Waals surface area contributed by atoms with Gasteiger partial charge in [-0.05, 0) is 17.7 Å². The highest BCUT2D eigenvalue weighted by Crippen LogP contribution is 2.28. The fourth-order valence-electron chi connectivity index (χ4n) is 4.09. The van der Waals surface area contributed by atoms with Gasteiger partial charge in [-0.2, -0.15) is 0 Å². The van der Waals surface area contributed by atoms with E-state index in [-0.39, 0.29) is 19.1 Å². The van der Waals surface area contributed by atoms with Crippen LogP contribution in [0.5, 0.6) is 5.75 Å². The number of benzene rings is 2. The number of alkyl carbamates (subject to hydrolysis) is 1. The maximum Gasteiger partial charge on any atom is 0.406 e. The number of amides is 2. The van der Waals surface area contributed by atoms with Crippen molar-refractivity contribution in [3.8, 4) is 5.75 Å². The van der Waals surface area contributed by atoms with E-state index in [9.17, 15) is 9.59 Å². The molecule has 0 aliphatic carbocycles. The topological polar surface area (TPSA) is 84.0 Å². The van der Waals surface area contributed by atoms with Crippen molar-refractivity contribution in [1.82, 2.24) is 15.2 Å². The third-order valence-electron chi connectivity index (χ3n) is 6.09. The number of hydrogen-bond acceptors (Lipinski definition) is 6. The molecular formula is C27H29FN4O4. The molecule has 188 valence electrons. The van der Waals surface area contributed by atoms with Gasteiger partial charge in [0.2, 0.25) is 0 Å². The molecule has 1 aliphatic heterocycles. The summed E-state index contributed by atoms with van der Waals surface area (Å²) in [6.45, 7) is 1.36. The first-order chi connectivity index (χ1) is 17.5. The third-order valence-corrected chi connectivity index (χ3v) is 6.09. The Morgan fingerprint density at radius 2 is 1.97 bits per heavy atom. The molecule has 2 aromatic carbocycles. The number of halogens is 1. The van der Waals surface area contributed by atoms with E-state index in [1.807, 2.05) is 48.3 Å². The largest absolute Gasteiger partial charge is 0.485 e. The number of anilines is 1. The summed E-state index contributed by atoms with van der Waals surface area (Å²) in [5.74, 6) is -0.290. The number of aromatic nitrogens is 1. The van der Waals surface area contributed by atoms with Gasteiger partial charge in [0.15, 0.2) is 0 Å². The van der Waals surface area contributed by atoms with Gasteiger partial charge in [0.25, 0.3) is 5.91 Å². The number of carbonyl (C=O) groups excluding carboxylic acids is 2. The van der Waals surface area contributed by atoms with Crippen LogP contribution < -0.4 is 15.0 Å². The van der Waals surface area contributed by atoms with Gasteiger partial charge in [0.1, 0.15) is 17.7 Å². The SMILES string of the molecule is CNC(=O)OCC[C@H](Oc1ccc(CN2CCN(C)c3ccncc3C2=O)c(F)c1)c1ccccc1. The third kappa shape index (κ3) is 5.91. The van der Waals surface area contributed by atoms with Crippen molar-refractivity contribution >= 4 is 17.7 Å². The Labute approximate surface area is 209 Å². The Kier molecular flexibility index (Phi) is 7.99. The van der Waals surface area contributed by atoms with E-state index in [2.05, 4.69) is 10.3 Å². The summed E-state index contributed by atoms with van der Waals surface area (Å²) in [7, 11) is 3.41. The maximum absolute atomic E-state index is 15.1. The first-order valence-electron chi connectivity index (χ1n) is 11.7. The second kappa shape index (κ2) is 11.5. The van der Waals surface area contributed by atoms with Crippen LogP contribution >= 0.6 is 0 Å². The van der Waals surface area contributed by atoms with Crippen molar-refractivity contribution in [2.75, 3.05) is 38.7 Å². The number of ether oxygens (including phenoxy) is 2. The Morgan fingerprint density at radius 3 is 2.72 bits per heavy atom. The Hall–Kier alpha value is -4.14. The molecule has 2 heterocycles. The van der Waals surface area contributed by atoms with Crippen LogP contribution in [0.1, 0.15) is 34.0 Å². The van der Waals surface area contributed by atoms with E-state index < -0.39 is 18.0 Å². The van der Waals surface area contributed by atoms with Crippen molar-refractivity contribution in [3.05, 3.63) is 89.5 Å². The zero-order valence-corrected chi connectivity index (χ0v) is 20.3. The zero-order valence-electron chi connectivity index (χ0n) is 20.3. The number of nitrogens with zero attached hydrogens (tertiary/aromatic N) is 3. The van der Waals surface area contributed by atoms with Crippen molar-refractivity contribution < 1.29 is 23.5 Å². The molecule has 0 saturated carbocycles. The average Bonchev–Trinajstić information content (AvgIpc) is 3.02. The Balaban J connectivity index is 1.47. The van der Waals surface area contributed by atoms with Crippen LogP contribution in [-0.4, -0.2) is 55.7 Å². The molecule has 0 spiro atoms. The van der Waals surface area contributed by atoms with Crippen LogP contribution in [0.25, 0.3) is 0 Å². The van der Waals surface area contributed by atoms with Gasteiger partial charge in [-0.25, -0.2) is 9.18 Å². The minimum absolute atomic E-state index is 0.134. The van der Waals surface area contributed by atoms with E-state index in [1.165, 1.54) is 13.1 Å². The Bertz CT molecular complexity index is 1210. The van der Waals surface area contributed by atoms with Gasteiger partial charge in [-0.15, -0.1) is 0 Å². The van der Waals surface area contributed by atoms with Crippen molar-refractivity contribution in [1.29, 1.82) is 0 Å². The first kappa shape index (κ1) is 25.0. The van der Waals surface area contributed by atoms with E-state index in [4.69, 9.17) is 9.47 Å². The van der Waals surface area contributed by atoms with Crippen LogP contribution in [0.3, 0.4) is 0 Å². The predicted molar refractivity (Wildman–Crippen MR) is 133 cm³/mol. The fourth-order valence-corrected chi connectivity index (χ4v) is 4.09. The number of hydrogen-bond donors (Lipinski definition) is 1. The lowest BCUT2D eigenvalue weighted by molar-refractivity contribution is 0.0753. The summed E-state index contributed by atoms with van der Waals surface area (Å²) in [6, 6.07) is 16.0. The minimum atomic E-state index is -0.523. The molecule has 4 rings (SSSR count). The summed E-state index contributed by atoms with van der Waals surface area (Å²) >= 11 is 0. The van der Waals surface area contributed by atoms with Gasteiger partial charge in [0.05, 0.1) is 17.9 Å². The van der Waals surface area contributed by atoms with Crippen molar-refractivity contribution in [2.45, 2.75) is 19.1 Å². The lowest BCUT2D eigenvalue weighted by atomic mass is 10.1. The molecule has 2 amide bonds. The van der Waals surface area contributed by atoms with Crippen LogP contribution in [0.2, 0.25) is 0 Å². The van der Waals surface area contributed by atoms with E-state index in [0.717, 1.165) is 11.3 Å². The first-order valence-corrected chi connectivity index (χ1v) is 11.7. The number of rotatable bonds is 8. The highest BCUT2D eigenvalue weighted by Gasteiger charge is 2.26. The van der Waals surface area contributed by atoms with Crippen LogP contribution in [0.4, 0.5) is 14.9 Å². The molecule has 1 aromatic heterocycles. The fraction of sp³-hybridized carbons (Fsp3) is 0.296. The minimum Gasteiger partial charge on any atom is -0.485 e. The van der Waals surface area contributed by atoms with E-state index >= 15 is 4.39 Å². The van der Waals surface area contributed by atoms with Gasteiger partial charge in [-0.3, -0.25) is 9.78 Å². The van der Waals surface area contributed by atoms with Crippen molar-refractivity contribution in [3.63, 3.8) is 0 Å². The normalized spacial score (nSPS) is 14.0. The highest BCUT2D eigenvalue weighted by atomic mass is 19.1. The van der Waals surface area contributed by atoms with Crippen molar-refractivity contribution in [2.24, 2.45) is 0 Å². The van der Waals surface area contributed by atoms with E-state index in [0.29, 0.717) is 36.4 Å². The molecule has 3 aromatic rings. The standard InChI is InChI=1S/C27H29FN4O4/c1-29-27(34)35-15-11-25(19-6-4-3-5-7-19)36-21-9-8-20(23(28)16-21)18-32-14-13-31(2)24-10-12-30-17-22(24)26(32)33/h3-10,12,16-17,25H,11,13-15,18H2,1-2H3,(H,29,34)/t25-/m0/s1. The number of fused-ring (bicyclic) bond motifs is 1. The lowest BCUT2D eigenvalue weighted by Crippen LogP contribution is -2.33. The van der Waals surface area contributed by atoms with Gasteiger partial charge in [0, 0.05) is 64.2 Å². The molecule has 0 fully saturated rings. The summed E-state index contributed by atoms with van der Waals surface area (Å²) in [5, 5.41) is 2.40. The predicted octanol–water partition coefficient (Wildman–Crippen LogP) is 4.18. The molecule has 1 N–H and O–H groups in total. The molecule has 1 atom stereocenters. The van der Waals surface area contributed by atoms with E-state index in [1.54, 1.807) is 29.4 Å². The number of nitrogens with one attached hydrogen (secondary N) is 1. The molecule has 0 saturated heterocycles. The van der Waals surface area contributed by atoms with Crippen LogP contribution in [-0.2, 0) is 11.3 Å². The molecular weight excluding hydrogens is 463 g/mol. The molecule has 9 heteroatoms. The number of pyridine rings is 1. The monoisotopic (exact) mass is 492 g/mol. The lowest BCUT2D eigenvalue weighted by Gasteiger charge is -2.22. The van der Waals surface area contributed by atoms with Gasteiger partial charge < -0.3 is 24.6 Å². The Morgan fingerprint density at radius 1 is 1.17 bits per heavy atom. The molecule has 0 radical (unpaired) electrons. The molecule has 0 unspecified atom stereocenters. The van der Waals surface area contributed by atoms with Gasteiger partial charge >= 0.3 is 6.09 Å². The number of likely N-dealkylation sites (N-methyl/N-ethyl adjacent to an activating group) is 1. The second-order valence-electron chi connectivity index (χ2n) is 8.49. The summed E-state index contributed by atoms with van der Waals surface area (Å²) in [6.07, 6.45) is 2.64.